The molecule has 3 nitrogen and oxygen atoms in total. The molecular formula is C11H23NO2. The highest BCUT2D eigenvalue weighted by Crippen LogP contribution is 2.05. The fourth-order valence-corrected chi connectivity index (χ4v) is 0.896. The smallest absolute Gasteiger partial charge is 0.0741 e. The summed E-state index contributed by atoms with van der Waals surface area (Å²) in [4.78, 5) is 0. The van der Waals surface area contributed by atoms with E-state index >= 15 is 0 Å². The van der Waals surface area contributed by atoms with Gasteiger partial charge in [0.25, 0.3) is 0 Å². The van der Waals surface area contributed by atoms with Crippen LogP contribution in [-0.2, 0) is 4.74 Å². The Kier molecular flexibility index (Phi) is 7.76. The van der Waals surface area contributed by atoms with E-state index in [0.29, 0.717) is 13.2 Å². The number of rotatable bonds is 9. The Balaban J connectivity index is 3.17. The molecule has 0 saturated heterocycles. The van der Waals surface area contributed by atoms with Crippen molar-refractivity contribution in [2.45, 2.75) is 32.3 Å². The van der Waals surface area contributed by atoms with Gasteiger partial charge in [-0.3, -0.25) is 0 Å². The lowest BCUT2D eigenvalue weighted by Gasteiger charge is -2.21. The molecule has 0 fully saturated rings. The second-order valence-corrected chi connectivity index (χ2v) is 3.72. The summed E-state index contributed by atoms with van der Waals surface area (Å²) in [6.07, 6.45) is 3.50. The van der Waals surface area contributed by atoms with Gasteiger partial charge in [0.2, 0.25) is 0 Å². The van der Waals surface area contributed by atoms with Crippen molar-refractivity contribution in [2.24, 2.45) is 0 Å². The first kappa shape index (κ1) is 13.6. The van der Waals surface area contributed by atoms with Gasteiger partial charge in [0.15, 0.2) is 0 Å². The van der Waals surface area contributed by atoms with Crippen molar-refractivity contribution in [3.63, 3.8) is 0 Å². The van der Waals surface area contributed by atoms with E-state index in [2.05, 4.69) is 11.9 Å². The Morgan fingerprint density at radius 3 is 2.79 bits per heavy atom. The zero-order chi connectivity index (χ0) is 10.9. The molecule has 0 radical (unpaired) electrons. The first-order chi connectivity index (χ1) is 6.62. The largest absolute Gasteiger partial charge is 0.389 e. The summed E-state index contributed by atoms with van der Waals surface area (Å²) >= 11 is 0. The average Bonchev–Trinajstić information content (AvgIpc) is 2.16. The van der Waals surface area contributed by atoms with E-state index in [1.165, 1.54) is 0 Å². The Morgan fingerprint density at radius 2 is 2.21 bits per heavy atom. The molecule has 0 aromatic rings. The normalized spacial score (nSPS) is 15.1. The van der Waals surface area contributed by atoms with Crippen LogP contribution in [-0.4, -0.2) is 37.0 Å². The molecule has 0 amide bonds. The first-order valence-electron chi connectivity index (χ1n) is 5.24. The molecule has 0 rings (SSSR count). The standard InChI is InChI=1S/C11H23NO2/c1-4-6-8-14-9-7-12-10-11(3,13)5-2/h4,12-13H,1,5-10H2,2-3H3. The lowest BCUT2D eigenvalue weighted by Crippen LogP contribution is -2.38. The zero-order valence-electron chi connectivity index (χ0n) is 9.38. The van der Waals surface area contributed by atoms with Crippen LogP contribution in [0.1, 0.15) is 26.7 Å². The topological polar surface area (TPSA) is 41.5 Å². The van der Waals surface area contributed by atoms with E-state index in [1.807, 2.05) is 19.9 Å². The van der Waals surface area contributed by atoms with Gasteiger partial charge in [-0.15, -0.1) is 6.58 Å². The molecule has 2 N–H and O–H groups in total. The van der Waals surface area contributed by atoms with Crippen molar-refractivity contribution in [1.29, 1.82) is 0 Å². The van der Waals surface area contributed by atoms with Gasteiger partial charge in [0, 0.05) is 13.1 Å². The molecule has 0 aromatic carbocycles. The van der Waals surface area contributed by atoms with Crippen LogP contribution >= 0.6 is 0 Å². The molecule has 14 heavy (non-hydrogen) atoms. The molecule has 84 valence electrons. The van der Waals surface area contributed by atoms with Crippen LogP contribution < -0.4 is 5.32 Å². The fraction of sp³-hybridized carbons (Fsp3) is 0.818. The first-order valence-corrected chi connectivity index (χ1v) is 5.24. The minimum atomic E-state index is -0.596. The summed E-state index contributed by atoms with van der Waals surface area (Å²) in [6.45, 7) is 10.2. The monoisotopic (exact) mass is 201 g/mol. The number of ether oxygens (including phenoxy) is 1. The summed E-state index contributed by atoms with van der Waals surface area (Å²) in [5.74, 6) is 0. The van der Waals surface area contributed by atoms with E-state index in [9.17, 15) is 5.11 Å². The summed E-state index contributed by atoms with van der Waals surface area (Å²) in [7, 11) is 0. The van der Waals surface area contributed by atoms with Gasteiger partial charge in [-0.05, 0) is 19.8 Å². The summed E-state index contributed by atoms with van der Waals surface area (Å²) in [5.41, 5.74) is -0.596. The lowest BCUT2D eigenvalue weighted by atomic mass is 10.0. The van der Waals surface area contributed by atoms with Crippen LogP contribution in [0.3, 0.4) is 0 Å². The van der Waals surface area contributed by atoms with Crippen molar-refractivity contribution in [1.82, 2.24) is 5.32 Å². The van der Waals surface area contributed by atoms with Gasteiger partial charge in [-0.1, -0.05) is 13.0 Å². The van der Waals surface area contributed by atoms with E-state index in [0.717, 1.165) is 26.0 Å². The van der Waals surface area contributed by atoms with Gasteiger partial charge >= 0.3 is 0 Å². The third-order valence-corrected chi connectivity index (χ3v) is 2.16. The fourth-order valence-electron chi connectivity index (χ4n) is 0.896. The lowest BCUT2D eigenvalue weighted by molar-refractivity contribution is 0.0526. The van der Waals surface area contributed by atoms with Gasteiger partial charge < -0.3 is 15.2 Å². The van der Waals surface area contributed by atoms with Crippen molar-refractivity contribution in [3.8, 4) is 0 Å². The molecule has 0 aliphatic carbocycles. The Labute approximate surface area is 87.2 Å². The maximum atomic E-state index is 9.65. The predicted octanol–water partition coefficient (Wildman–Crippen LogP) is 1.33. The molecular weight excluding hydrogens is 178 g/mol. The van der Waals surface area contributed by atoms with E-state index in [4.69, 9.17) is 4.74 Å². The Bertz CT molecular complexity index is 146. The molecule has 0 aromatic heterocycles. The average molecular weight is 201 g/mol. The van der Waals surface area contributed by atoms with E-state index in [1.54, 1.807) is 0 Å². The molecule has 0 heterocycles. The number of nitrogens with one attached hydrogen (secondary N) is 1. The quantitative estimate of drug-likeness (QED) is 0.437. The van der Waals surface area contributed by atoms with Crippen molar-refractivity contribution >= 4 is 0 Å². The Hall–Kier alpha value is -0.380. The third kappa shape index (κ3) is 8.23. The minimum absolute atomic E-state index is 0.596. The van der Waals surface area contributed by atoms with Crippen molar-refractivity contribution in [2.75, 3.05) is 26.3 Å². The van der Waals surface area contributed by atoms with Gasteiger partial charge in [0.05, 0.1) is 18.8 Å². The second kappa shape index (κ2) is 7.97. The molecule has 0 aliphatic rings. The SMILES string of the molecule is C=CCCOCCNCC(C)(O)CC. The summed E-state index contributed by atoms with van der Waals surface area (Å²) in [6, 6.07) is 0. The summed E-state index contributed by atoms with van der Waals surface area (Å²) in [5, 5.41) is 12.8. The highest BCUT2D eigenvalue weighted by Gasteiger charge is 2.15. The highest BCUT2D eigenvalue weighted by molar-refractivity contribution is 4.72. The Morgan fingerprint density at radius 1 is 1.50 bits per heavy atom. The van der Waals surface area contributed by atoms with Crippen LogP contribution in [0.2, 0.25) is 0 Å². The van der Waals surface area contributed by atoms with Crippen LogP contribution in [0.25, 0.3) is 0 Å². The van der Waals surface area contributed by atoms with E-state index in [-0.39, 0.29) is 0 Å². The molecule has 0 aliphatic heterocycles. The van der Waals surface area contributed by atoms with E-state index < -0.39 is 5.60 Å². The number of hydrogen-bond donors (Lipinski definition) is 2. The maximum absolute atomic E-state index is 9.65. The van der Waals surface area contributed by atoms with Crippen LogP contribution in [0, 0.1) is 0 Å². The van der Waals surface area contributed by atoms with Crippen LogP contribution in [0.15, 0.2) is 12.7 Å². The third-order valence-electron chi connectivity index (χ3n) is 2.16. The van der Waals surface area contributed by atoms with Gasteiger partial charge in [0.1, 0.15) is 0 Å². The molecule has 1 unspecified atom stereocenters. The molecule has 0 spiro atoms. The van der Waals surface area contributed by atoms with Gasteiger partial charge in [-0.25, -0.2) is 0 Å². The number of hydrogen-bond acceptors (Lipinski definition) is 3. The highest BCUT2D eigenvalue weighted by atomic mass is 16.5. The molecule has 3 heteroatoms. The minimum Gasteiger partial charge on any atom is -0.389 e. The van der Waals surface area contributed by atoms with Crippen LogP contribution in [0.4, 0.5) is 0 Å². The maximum Gasteiger partial charge on any atom is 0.0741 e. The van der Waals surface area contributed by atoms with Gasteiger partial charge in [-0.2, -0.15) is 0 Å². The number of aliphatic hydroxyl groups is 1. The molecule has 0 bridgehead atoms. The van der Waals surface area contributed by atoms with Crippen molar-refractivity contribution in [3.05, 3.63) is 12.7 Å². The molecule has 0 saturated carbocycles. The summed E-state index contributed by atoms with van der Waals surface area (Å²) < 4.78 is 5.31. The molecule has 1 atom stereocenters. The van der Waals surface area contributed by atoms with Crippen LogP contribution in [0.5, 0.6) is 0 Å². The zero-order valence-corrected chi connectivity index (χ0v) is 9.38. The predicted molar refractivity (Wildman–Crippen MR) is 59.4 cm³/mol. The van der Waals surface area contributed by atoms with Crippen molar-refractivity contribution < 1.29 is 9.84 Å². The second-order valence-electron chi connectivity index (χ2n) is 3.72.